The van der Waals surface area contributed by atoms with Crippen molar-refractivity contribution in [2.75, 3.05) is 13.7 Å². The zero-order valence-electron chi connectivity index (χ0n) is 20.3. The summed E-state index contributed by atoms with van der Waals surface area (Å²) in [6, 6.07) is 4.35. The van der Waals surface area contributed by atoms with E-state index < -0.39 is 8.32 Å². The first-order chi connectivity index (χ1) is 13.2. The molecule has 1 aromatic rings. The van der Waals surface area contributed by atoms with E-state index in [0.29, 0.717) is 6.61 Å². The molecule has 3 nitrogen and oxygen atoms in total. The summed E-state index contributed by atoms with van der Waals surface area (Å²) in [5, 5.41) is 0.136. The van der Waals surface area contributed by atoms with Crippen LogP contribution in [0.15, 0.2) is 21.8 Å². The Morgan fingerprint density at radius 3 is 2.07 bits per heavy atom. The maximum absolute atomic E-state index is 6.87. The zero-order valence-corrected chi connectivity index (χ0v) is 23.4. The molecule has 0 aliphatic carbocycles. The van der Waals surface area contributed by atoms with Crippen LogP contribution < -0.4 is 4.74 Å². The quantitative estimate of drug-likeness (QED) is 0.246. The summed E-state index contributed by atoms with van der Waals surface area (Å²) in [5.74, 6) is 1.15. The van der Waals surface area contributed by atoms with Gasteiger partial charge in [0.05, 0.1) is 12.2 Å². The topological polar surface area (TPSA) is 27.7 Å². The third kappa shape index (κ3) is 7.08. The van der Waals surface area contributed by atoms with E-state index in [1.807, 2.05) is 0 Å². The van der Waals surface area contributed by atoms with Gasteiger partial charge < -0.3 is 13.9 Å². The molecule has 0 heterocycles. The Hall–Kier alpha value is -0.373. The van der Waals surface area contributed by atoms with Crippen molar-refractivity contribution in [3.8, 4) is 5.75 Å². The van der Waals surface area contributed by atoms with Gasteiger partial charge in [0.1, 0.15) is 12.4 Å². The molecule has 0 saturated carbocycles. The molecule has 0 aromatic heterocycles. The van der Waals surface area contributed by atoms with Gasteiger partial charge in [-0.15, -0.1) is 0 Å². The van der Waals surface area contributed by atoms with Crippen LogP contribution >= 0.6 is 22.6 Å². The van der Waals surface area contributed by atoms with Crippen molar-refractivity contribution in [2.45, 2.75) is 85.7 Å². The molecule has 0 unspecified atom stereocenters. The molecular weight excluding hydrogens is 491 g/mol. The van der Waals surface area contributed by atoms with Gasteiger partial charge >= 0.3 is 0 Å². The SMILES string of the molecule is CO[C@@H](/C(C)=C/I)[C@@H](C)[C@H](COc1c(C)cc(C)cc1C)O[Si](C)(C)C(C)(C)C. The number of halogens is 1. The molecule has 0 fully saturated rings. The third-order valence-electron chi connectivity index (χ3n) is 6.19. The second-order valence-corrected chi connectivity index (χ2v) is 15.2. The largest absolute Gasteiger partial charge is 0.490 e. The summed E-state index contributed by atoms with van der Waals surface area (Å²) in [4.78, 5) is 0. The number of aryl methyl sites for hydroxylation is 3. The van der Waals surface area contributed by atoms with Crippen LogP contribution in [0, 0.1) is 26.7 Å². The minimum absolute atomic E-state index is 0.00507. The van der Waals surface area contributed by atoms with Crippen molar-refractivity contribution >= 4 is 30.9 Å². The lowest BCUT2D eigenvalue weighted by Crippen LogP contribution is -2.49. The summed E-state index contributed by atoms with van der Waals surface area (Å²) in [6.45, 7) is 22.6. The van der Waals surface area contributed by atoms with E-state index in [4.69, 9.17) is 13.9 Å². The van der Waals surface area contributed by atoms with Gasteiger partial charge in [0.15, 0.2) is 8.32 Å². The second kappa shape index (κ2) is 10.8. The molecule has 0 bridgehead atoms. The molecule has 0 spiro atoms. The Morgan fingerprint density at radius 2 is 1.66 bits per heavy atom. The fourth-order valence-corrected chi connectivity index (χ4v) is 5.23. The number of hydrogen-bond donors (Lipinski definition) is 0. The summed E-state index contributed by atoms with van der Waals surface area (Å²) >= 11 is 2.29. The van der Waals surface area contributed by atoms with Crippen LogP contribution in [0.2, 0.25) is 18.1 Å². The van der Waals surface area contributed by atoms with Gasteiger partial charge in [-0.2, -0.15) is 0 Å². The minimum atomic E-state index is -1.97. The van der Waals surface area contributed by atoms with Crippen LogP contribution in [-0.4, -0.2) is 34.2 Å². The highest BCUT2D eigenvalue weighted by Crippen LogP contribution is 2.39. The molecule has 0 saturated heterocycles. The van der Waals surface area contributed by atoms with Gasteiger partial charge in [-0.25, -0.2) is 0 Å². The molecule has 0 aliphatic heterocycles. The summed E-state index contributed by atoms with van der Waals surface area (Å²) in [6.07, 6.45) is -0.0438. The summed E-state index contributed by atoms with van der Waals surface area (Å²) in [5.41, 5.74) is 4.82. The number of hydrogen-bond acceptors (Lipinski definition) is 3. The standard InChI is InChI=1S/C24H41IO3Si/c1-16-12-17(2)22(18(3)13-16)27-15-21(28-29(10,11)24(6,7)8)20(5)23(26-9)19(4)14-25/h12-14,20-21,23H,15H2,1-11H3/b19-14+/t20-,21-,23-/m0/s1. The highest BCUT2D eigenvalue weighted by atomic mass is 127. The van der Waals surface area contributed by atoms with Crippen molar-refractivity contribution in [2.24, 2.45) is 5.92 Å². The van der Waals surface area contributed by atoms with E-state index in [1.54, 1.807) is 7.11 Å². The lowest BCUT2D eigenvalue weighted by atomic mass is 9.94. The molecule has 1 rings (SSSR count). The van der Waals surface area contributed by atoms with Crippen LogP contribution in [-0.2, 0) is 9.16 Å². The Bertz CT molecular complexity index is 684. The number of methoxy groups -OCH3 is 1. The lowest BCUT2D eigenvalue weighted by molar-refractivity contribution is -0.000835. The summed E-state index contributed by atoms with van der Waals surface area (Å²) in [7, 11) is -0.184. The van der Waals surface area contributed by atoms with E-state index in [2.05, 4.69) is 107 Å². The fraction of sp³-hybridized carbons (Fsp3) is 0.667. The number of ether oxygens (including phenoxy) is 2. The van der Waals surface area contributed by atoms with Gasteiger partial charge in [-0.1, -0.05) is 68.0 Å². The smallest absolute Gasteiger partial charge is 0.192 e. The molecular formula is C24H41IO3Si. The predicted octanol–water partition coefficient (Wildman–Crippen LogP) is 7.37. The molecule has 3 atom stereocenters. The van der Waals surface area contributed by atoms with Gasteiger partial charge in [0, 0.05) is 13.0 Å². The average molecular weight is 533 g/mol. The van der Waals surface area contributed by atoms with Crippen molar-refractivity contribution in [3.05, 3.63) is 38.5 Å². The number of benzene rings is 1. The first kappa shape index (κ1) is 26.7. The Balaban J connectivity index is 3.20. The molecule has 0 amide bonds. The lowest BCUT2D eigenvalue weighted by Gasteiger charge is -2.42. The monoisotopic (exact) mass is 532 g/mol. The molecule has 166 valence electrons. The van der Waals surface area contributed by atoms with Gasteiger partial charge in [0.25, 0.3) is 0 Å². The third-order valence-corrected chi connectivity index (χ3v) is 11.7. The van der Waals surface area contributed by atoms with Gasteiger partial charge in [0.2, 0.25) is 0 Å². The van der Waals surface area contributed by atoms with E-state index in [-0.39, 0.29) is 23.2 Å². The highest BCUT2D eigenvalue weighted by Gasteiger charge is 2.41. The normalized spacial score (nSPS) is 16.5. The Morgan fingerprint density at radius 1 is 1.14 bits per heavy atom. The van der Waals surface area contributed by atoms with E-state index in [9.17, 15) is 0 Å². The summed E-state index contributed by atoms with van der Waals surface area (Å²) < 4.78 is 21.2. The maximum Gasteiger partial charge on any atom is 0.192 e. The molecule has 0 radical (unpaired) electrons. The Kier molecular flexibility index (Phi) is 9.91. The van der Waals surface area contributed by atoms with Crippen molar-refractivity contribution < 1.29 is 13.9 Å². The fourth-order valence-electron chi connectivity index (χ4n) is 3.48. The second-order valence-electron chi connectivity index (χ2n) is 9.82. The van der Waals surface area contributed by atoms with E-state index >= 15 is 0 Å². The molecule has 0 aliphatic rings. The van der Waals surface area contributed by atoms with Crippen molar-refractivity contribution in [1.29, 1.82) is 0 Å². The highest BCUT2D eigenvalue weighted by molar-refractivity contribution is 14.1. The maximum atomic E-state index is 6.87. The molecule has 5 heteroatoms. The number of rotatable bonds is 9. The molecule has 29 heavy (non-hydrogen) atoms. The van der Waals surface area contributed by atoms with Gasteiger partial charge in [-0.3, -0.25) is 0 Å². The molecule has 0 N–H and O–H groups in total. The molecule has 1 aromatic carbocycles. The van der Waals surface area contributed by atoms with Crippen molar-refractivity contribution in [3.63, 3.8) is 0 Å². The van der Waals surface area contributed by atoms with Crippen LogP contribution in [0.3, 0.4) is 0 Å². The van der Waals surface area contributed by atoms with Crippen LogP contribution in [0.25, 0.3) is 0 Å². The van der Waals surface area contributed by atoms with E-state index in [0.717, 1.165) is 5.75 Å². The predicted molar refractivity (Wildman–Crippen MR) is 136 cm³/mol. The first-order valence-corrected chi connectivity index (χ1v) is 14.6. The Labute approximate surface area is 193 Å². The zero-order chi connectivity index (χ0) is 22.6. The van der Waals surface area contributed by atoms with Crippen LogP contribution in [0.1, 0.15) is 51.3 Å². The first-order valence-electron chi connectivity index (χ1n) is 10.4. The van der Waals surface area contributed by atoms with Crippen LogP contribution in [0.4, 0.5) is 0 Å². The van der Waals surface area contributed by atoms with E-state index in [1.165, 1.54) is 22.3 Å². The minimum Gasteiger partial charge on any atom is -0.490 e. The van der Waals surface area contributed by atoms with Crippen LogP contribution in [0.5, 0.6) is 5.75 Å². The average Bonchev–Trinajstić information content (AvgIpc) is 2.58. The van der Waals surface area contributed by atoms with Crippen molar-refractivity contribution in [1.82, 2.24) is 0 Å². The van der Waals surface area contributed by atoms with Gasteiger partial charge in [-0.05, 0) is 66.6 Å².